The van der Waals surface area contributed by atoms with Gasteiger partial charge in [0.25, 0.3) is 5.91 Å². The minimum absolute atomic E-state index is 0.277. The summed E-state index contributed by atoms with van der Waals surface area (Å²) in [6.07, 6.45) is 1.52. The molecule has 0 bridgehead atoms. The van der Waals surface area contributed by atoms with Crippen LogP contribution in [0.3, 0.4) is 0 Å². The van der Waals surface area contributed by atoms with Crippen LogP contribution in [-0.4, -0.2) is 10.9 Å². The van der Waals surface area contributed by atoms with E-state index in [9.17, 15) is 4.79 Å². The second kappa shape index (κ2) is 6.09. The van der Waals surface area contributed by atoms with Gasteiger partial charge in [-0.25, -0.2) is 4.98 Å². The van der Waals surface area contributed by atoms with Gasteiger partial charge in [-0.05, 0) is 40.2 Å². The van der Waals surface area contributed by atoms with Crippen LogP contribution in [0.4, 0.5) is 5.69 Å². The predicted octanol–water partition coefficient (Wildman–Crippen LogP) is 5.06. The third kappa shape index (κ3) is 3.60. The van der Waals surface area contributed by atoms with Gasteiger partial charge in [0.15, 0.2) is 0 Å². The molecule has 1 aromatic heterocycles. The number of halogens is 4. The van der Waals surface area contributed by atoms with Crippen molar-refractivity contribution in [3.8, 4) is 0 Å². The van der Waals surface area contributed by atoms with Crippen LogP contribution in [0, 0.1) is 0 Å². The van der Waals surface area contributed by atoms with E-state index in [4.69, 9.17) is 34.8 Å². The fraction of sp³-hybridized carbons (Fsp3) is 0. The molecule has 1 heterocycles. The molecule has 1 N–H and O–H groups in total. The molecule has 7 heteroatoms. The molecule has 0 unspecified atom stereocenters. The van der Waals surface area contributed by atoms with Crippen LogP contribution in [0.2, 0.25) is 15.1 Å². The number of carbonyl (C=O) groups excluding carboxylic acids is 1. The van der Waals surface area contributed by atoms with Gasteiger partial charge < -0.3 is 5.32 Å². The first-order valence-electron chi connectivity index (χ1n) is 5.05. The van der Waals surface area contributed by atoms with E-state index in [1.807, 2.05) is 0 Å². The van der Waals surface area contributed by atoms with E-state index in [2.05, 4.69) is 26.2 Å². The quantitative estimate of drug-likeness (QED) is 0.740. The lowest BCUT2D eigenvalue weighted by molar-refractivity contribution is 0.102. The Kier molecular flexibility index (Phi) is 4.68. The number of nitrogens with zero attached hydrogens (tertiary/aromatic N) is 1. The summed E-state index contributed by atoms with van der Waals surface area (Å²) in [5.41, 5.74) is 0.759. The number of aromatic nitrogens is 1. The summed E-state index contributed by atoms with van der Waals surface area (Å²) in [4.78, 5) is 16.0. The lowest BCUT2D eigenvalue weighted by atomic mass is 10.2. The van der Waals surface area contributed by atoms with Crippen LogP contribution in [0.5, 0.6) is 0 Å². The van der Waals surface area contributed by atoms with Crippen molar-refractivity contribution in [1.29, 1.82) is 0 Å². The largest absolute Gasteiger partial charge is 0.319 e. The molecule has 2 aromatic rings. The zero-order valence-electron chi connectivity index (χ0n) is 9.25. The van der Waals surface area contributed by atoms with Crippen LogP contribution >= 0.6 is 50.7 Å². The number of benzene rings is 1. The van der Waals surface area contributed by atoms with Crippen LogP contribution in [-0.2, 0) is 0 Å². The number of anilines is 1. The Morgan fingerprint density at radius 2 is 1.79 bits per heavy atom. The standard InChI is InChI=1S/C12H6BrCl3N2O/c13-10-3-6(1-2-17-10)12(19)18-11-8(15)4-7(14)5-9(11)16/h1-5H,(H,18,19). The Bertz CT molecular complexity index is 626. The minimum atomic E-state index is -0.339. The van der Waals surface area contributed by atoms with Crippen LogP contribution < -0.4 is 5.32 Å². The van der Waals surface area contributed by atoms with Gasteiger partial charge in [-0.3, -0.25) is 4.79 Å². The third-order valence-corrected chi connectivity index (χ3v) is 3.48. The molecule has 0 saturated carbocycles. The van der Waals surface area contributed by atoms with Crippen molar-refractivity contribution in [2.45, 2.75) is 0 Å². The average molecular weight is 380 g/mol. The van der Waals surface area contributed by atoms with Crippen molar-refractivity contribution in [2.75, 3.05) is 5.32 Å². The summed E-state index contributed by atoms with van der Waals surface area (Å²) >= 11 is 21.0. The Balaban J connectivity index is 2.29. The van der Waals surface area contributed by atoms with Gasteiger partial charge in [-0.2, -0.15) is 0 Å². The molecule has 0 aliphatic heterocycles. The van der Waals surface area contributed by atoms with Crippen molar-refractivity contribution < 1.29 is 4.79 Å². The smallest absolute Gasteiger partial charge is 0.255 e. The molecule has 19 heavy (non-hydrogen) atoms. The summed E-state index contributed by atoms with van der Waals surface area (Å²) < 4.78 is 0.563. The highest BCUT2D eigenvalue weighted by molar-refractivity contribution is 9.10. The molecule has 0 radical (unpaired) electrons. The summed E-state index contributed by atoms with van der Waals surface area (Å²) in [5, 5.41) is 3.60. The lowest BCUT2D eigenvalue weighted by Gasteiger charge is -2.09. The lowest BCUT2D eigenvalue weighted by Crippen LogP contribution is -2.12. The molecule has 98 valence electrons. The van der Waals surface area contributed by atoms with E-state index >= 15 is 0 Å². The average Bonchev–Trinajstić information content (AvgIpc) is 2.33. The van der Waals surface area contributed by atoms with Gasteiger partial charge >= 0.3 is 0 Å². The number of hydrogen-bond donors (Lipinski definition) is 1. The van der Waals surface area contributed by atoms with Gasteiger partial charge in [0.05, 0.1) is 15.7 Å². The van der Waals surface area contributed by atoms with E-state index in [1.54, 1.807) is 12.1 Å². The molecule has 0 fully saturated rings. The third-order valence-electron chi connectivity index (χ3n) is 2.23. The van der Waals surface area contributed by atoms with Gasteiger partial charge in [-0.15, -0.1) is 0 Å². The summed E-state index contributed by atoms with van der Waals surface area (Å²) in [7, 11) is 0. The monoisotopic (exact) mass is 378 g/mol. The molecule has 3 nitrogen and oxygen atoms in total. The van der Waals surface area contributed by atoms with Gasteiger partial charge in [-0.1, -0.05) is 34.8 Å². The maximum absolute atomic E-state index is 12.0. The molecule has 1 aromatic carbocycles. The van der Waals surface area contributed by atoms with Crippen molar-refractivity contribution >= 4 is 62.3 Å². The number of hydrogen-bond acceptors (Lipinski definition) is 2. The zero-order valence-corrected chi connectivity index (χ0v) is 13.1. The number of nitrogens with one attached hydrogen (secondary N) is 1. The fourth-order valence-electron chi connectivity index (χ4n) is 1.39. The second-order valence-corrected chi connectivity index (χ2v) is 5.63. The Morgan fingerprint density at radius 1 is 1.16 bits per heavy atom. The van der Waals surface area contributed by atoms with E-state index in [0.717, 1.165) is 0 Å². The van der Waals surface area contributed by atoms with Gasteiger partial charge in [0.1, 0.15) is 4.60 Å². The van der Waals surface area contributed by atoms with Crippen LogP contribution in [0.25, 0.3) is 0 Å². The van der Waals surface area contributed by atoms with Crippen molar-refractivity contribution in [3.63, 3.8) is 0 Å². The first-order valence-corrected chi connectivity index (χ1v) is 6.97. The zero-order chi connectivity index (χ0) is 14.0. The first kappa shape index (κ1) is 14.6. The van der Waals surface area contributed by atoms with E-state index in [0.29, 0.717) is 20.9 Å². The summed E-state index contributed by atoms with van der Waals surface area (Å²) in [6.45, 7) is 0. The second-order valence-electron chi connectivity index (χ2n) is 3.57. The molecule has 0 aliphatic carbocycles. The van der Waals surface area contributed by atoms with E-state index in [1.165, 1.54) is 18.3 Å². The normalized spacial score (nSPS) is 10.3. The van der Waals surface area contributed by atoms with Crippen LogP contribution in [0.15, 0.2) is 35.1 Å². The molecule has 0 saturated heterocycles. The SMILES string of the molecule is O=C(Nc1c(Cl)cc(Cl)cc1Cl)c1ccnc(Br)c1. The van der Waals surface area contributed by atoms with Gasteiger partial charge in [0.2, 0.25) is 0 Å². The first-order chi connectivity index (χ1) is 8.97. The maximum atomic E-state index is 12.0. The number of pyridine rings is 1. The highest BCUT2D eigenvalue weighted by Gasteiger charge is 2.13. The van der Waals surface area contributed by atoms with Gasteiger partial charge in [0, 0.05) is 16.8 Å². The van der Waals surface area contributed by atoms with Crippen LogP contribution in [0.1, 0.15) is 10.4 Å². The highest BCUT2D eigenvalue weighted by Crippen LogP contribution is 2.33. The van der Waals surface area contributed by atoms with E-state index < -0.39 is 0 Å². The number of amides is 1. The van der Waals surface area contributed by atoms with E-state index in [-0.39, 0.29) is 16.0 Å². The highest BCUT2D eigenvalue weighted by atomic mass is 79.9. The number of carbonyl (C=O) groups is 1. The van der Waals surface area contributed by atoms with Crippen molar-refractivity contribution in [1.82, 2.24) is 4.98 Å². The summed E-state index contributed by atoms with van der Waals surface area (Å²) in [6, 6.07) is 6.19. The minimum Gasteiger partial charge on any atom is -0.319 e. The molecule has 0 spiro atoms. The Labute approximate surface area is 133 Å². The summed E-state index contributed by atoms with van der Waals surface area (Å²) in [5.74, 6) is -0.339. The Morgan fingerprint density at radius 3 is 2.37 bits per heavy atom. The molecule has 1 amide bonds. The topological polar surface area (TPSA) is 42.0 Å². The number of rotatable bonds is 2. The predicted molar refractivity (Wildman–Crippen MR) is 81.4 cm³/mol. The van der Waals surface area contributed by atoms with Crippen molar-refractivity contribution in [3.05, 3.63) is 55.7 Å². The Hall–Kier alpha value is -0.810. The molecular weight excluding hydrogens is 374 g/mol. The maximum Gasteiger partial charge on any atom is 0.255 e. The van der Waals surface area contributed by atoms with Crippen molar-refractivity contribution in [2.24, 2.45) is 0 Å². The molecule has 0 atom stereocenters. The molecule has 0 aliphatic rings. The fourth-order valence-corrected chi connectivity index (χ4v) is 2.67. The molecule has 2 rings (SSSR count). The molecular formula is C12H6BrCl3N2O.